The predicted octanol–water partition coefficient (Wildman–Crippen LogP) is 3.65. The van der Waals surface area contributed by atoms with E-state index < -0.39 is 0 Å². The molecule has 0 saturated carbocycles. The molecule has 5 heteroatoms. The quantitative estimate of drug-likeness (QED) is 0.581. The molecule has 0 bridgehead atoms. The van der Waals surface area contributed by atoms with Crippen LogP contribution in [0, 0.1) is 0 Å². The number of amides is 1. The number of benzene rings is 2. The van der Waals surface area contributed by atoms with E-state index in [1.165, 1.54) is 0 Å². The van der Waals surface area contributed by atoms with E-state index in [4.69, 9.17) is 0 Å². The number of hydrogen-bond donors (Lipinski definition) is 1. The first-order valence-corrected chi connectivity index (χ1v) is 8.44. The first-order valence-electron chi connectivity index (χ1n) is 8.44. The highest BCUT2D eigenvalue weighted by Gasteiger charge is 2.15. The molecule has 1 aliphatic rings. The molecule has 1 N–H and O–H groups in total. The Morgan fingerprint density at radius 1 is 1.12 bits per heavy atom. The first kappa shape index (κ1) is 16.0. The van der Waals surface area contributed by atoms with E-state index in [9.17, 15) is 9.59 Å². The van der Waals surface area contributed by atoms with Crippen LogP contribution in [-0.2, 0) is 11.2 Å². The Labute approximate surface area is 151 Å². The minimum absolute atomic E-state index is 0.0203. The maximum Gasteiger partial charge on any atom is 0.224 e. The third-order valence-electron chi connectivity index (χ3n) is 4.34. The van der Waals surface area contributed by atoms with Crippen LogP contribution < -0.4 is 5.32 Å². The molecule has 0 unspecified atom stereocenters. The van der Waals surface area contributed by atoms with Crippen molar-refractivity contribution >= 4 is 23.5 Å². The molecule has 1 aliphatic heterocycles. The zero-order valence-corrected chi connectivity index (χ0v) is 14.1. The maximum atomic E-state index is 12.4. The molecular weight excluding hydrogens is 326 g/mol. The number of hydrogen-bond acceptors (Lipinski definition) is 3. The zero-order chi connectivity index (χ0) is 17.9. The van der Waals surface area contributed by atoms with Gasteiger partial charge in [-0.1, -0.05) is 18.2 Å². The van der Waals surface area contributed by atoms with Gasteiger partial charge in [-0.25, -0.2) is 4.68 Å². The Kier molecular flexibility index (Phi) is 4.19. The average Bonchev–Trinajstić information content (AvgIpc) is 3.15. The SMILES string of the molecule is O=C1CCc2cc(C(=O)/C=C/c3cnn(-c4ccccc4)c3)ccc2N1. The van der Waals surface area contributed by atoms with Crippen molar-refractivity contribution in [1.29, 1.82) is 0 Å². The summed E-state index contributed by atoms with van der Waals surface area (Å²) < 4.78 is 1.77. The molecule has 0 radical (unpaired) electrons. The summed E-state index contributed by atoms with van der Waals surface area (Å²) in [6, 6.07) is 15.2. The number of anilines is 1. The number of rotatable bonds is 4. The molecule has 0 atom stereocenters. The van der Waals surface area contributed by atoms with Crippen molar-refractivity contribution in [2.45, 2.75) is 12.8 Å². The molecule has 128 valence electrons. The van der Waals surface area contributed by atoms with Gasteiger partial charge in [-0.05, 0) is 54.5 Å². The monoisotopic (exact) mass is 343 g/mol. The van der Waals surface area contributed by atoms with Crippen molar-refractivity contribution in [3.8, 4) is 5.69 Å². The highest BCUT2D eigenvalue weighted by molar-refractivity contribution is 6.07. The second kappa shape index (κ2) is 6.80. The molecule has 0 saturated heterocycles. The summed E-state index contributed by atoms with van der Waals surface area (Å²) in [5.41, 5.74) is 4.24. The van der Waals surface area contributed by atoms with Crippen LogP contribution in [-0.4, -0.2) is 21.5 Å². The molecule has 0 fully saturated rings. The number of aryl methyl sites for hydroxylation is 1. The summed E-state index contributed by atoms with van der Waals surface area (Å²) in [6.07, 6.45) is 8.03. The Balaban J connectivity index is 1.50. The van der Waals surface area contributed by atoms with Gasteiger partial charge in [0.2, 0.25) is 5.91 Å². The number of allylic oxidation sites excluding steroid dienone is 1. The van der Waals surface area contributed by atoms with Gasteiger partial charge in [0.05, 0.1) is 11.9 Å². The van der Waals surface area contributed by atoms with Gasteiger partial charge >= 0.3 is 0 Å². The average molecular weight is 343 g/mol. The molecule has 1 aromatic heterocycles. The number of ketones is 1. The van der Waals surface area contributed by atoms with Crippen molar-refractivity contribution in [1.82, 2.24) is 9.78 Å². The fourth-order valence-electron chi connectivity index (χ4n) is 2.95. The van der Waals surface area contributed by atoms with E-state index in [1.807, 2.05) is 42.6 Å². The Hall–Kier alpha value is -3.47. The number of carbonyl (C=O) groups excluding carboxylic acids is 2. The lowest BCUT2D eigenvalue weighted by Gasteiger charge is -2.16. The number of nitrogens with zero attached hydrogens (tertiary/aromatic N) is 2. The van der Waals surface area contributed by atoms with Gasteiger partial charge in [-0.2, -0.15) is 5.10 Å². The second-order valence-electron chi connectivity index (χ2n) is 6.17. The third-order valence-corrected chi connectivity index (χ3v) is 4.34. The van der Waals surface area contributed by atoms with Crippen LogP contribution in [0.3, 0.4) is 0 Å². The summed E-state index contributed by atoms with van der Waals surface area (Å²) in [4.78, 5) is 23.9. The lowest BCUT2D eigenvalue weighted by Crippen LogP contribution is -2.19. The van der Waals surface area contributed by atoms with Crippen molar-refractivity contribution in [2.75, 3.05) is 5.32 Å². The minimum Gasteiger partial charge on any atom is -0.326 e. The van der Waals surface area contributed by atoms with E-state index in [0.717, 1.165) is 22.5 Å². The molecular formula is C21H17N3O2. The van der Waals surface area contributed by atoms with Gasteiger partial charge in [0.25, 0.3) is 0 Å². The highest BCUT2D eigenvalue weighted by Crippen LogP contribution is 2.24. The number of fused-ring (bicyclic) bond motifs is 1. The number of aromatic nitrogens is 2. The lowest BCUT2D eigenvalue weighted by molar-refractivity contribution is -0.116. The normalized spacial score (nSPS) is 13.5. The zero-order valence-electron chi connectivity index (χ0n) is 14.1. The molecule has 2 heterocycles. The molecule has 26 heavy (non-hydrogen) atoms. The van der Waals surface area contributed by atoms with Gasteiger partial charge in [0.15, 0.2) is 5.78 Å². The van der Waals surface area contributed by atoms with Crippen molar-refractivity contribution in [2.24, 2.45) is 0 Å². The fourth-order valence-corrected chi connectivity index (χ4v) is 2.95. The van der Waals surface area contributed by atoms with Crippen LogP contribution in [0.5, 0.6) is 0 Å². The molecule has 2 aromatic carbocycles. The van der Waals surface area contributed by atoms with E-state index in [-0.39, 0.29) is 11.7 Å². The van der Waals surface area contributed by atoms with E-state index in [1.54, 1.807) is 35.2 Å². The van der Waals surface area contributed by atoms with Crippen LogP contribution in [0.4, 0.5) is 5.69 Å². The number of nitrogens with one attached hydrogen (secondary N) is 1. The van der Waals surface area contributed by atoms with E-state index >= 15 is 0 Å². The summed E-state index contributed by atoms with van der Waals surface area (Å²) in [5.74, 6) is -0.0518. The predicted molar refractivity (Wildman–Crippen MR) is 100 cm³/mol. The summed E-state index contributed by atoms with van der Waals surface area (Å²) in [6.45, 7) is 0. The fraction of sp³-hybridized carbons (Fsp3) is 0.0952. The summed E-state index contributed by atoms with van der Waals surface area (Å²) in [7, 11) is 0. The maximum absolute atomic E-state index is 12.4. The third kappa shape index (κ3) is 3.32. The van der Waals surface area contributed by atoms with Crippen molar-refractivity contribution in [3.63, 3.8) is 0 Å². The first-order chi connectivity index (χ1) is 12.7. The van der Waals surface area contributed by atoms with Crippen LogP contribution in [0.15, 0.2) is 67.0 Å². The van der Waals surface area contributed by atoms with Gasteiger partial charge in [-0.3, -0.25) is 9.59 Å². The van der Waals surface area contributed by atoms with Crippen LogP contribution in [0.25, 0.3) is 11.8 Å². The second-order valence-corrected chi connectivity index (χ2v) is 6.17. The van der Waals surface area contributed by atoms with Crippen LogP contribution in [0.2, 0.25) is 0 Å². The Bertz CT molecular complexity index is 1000. The van der Waals surface area contributed by atoms with E-state index in [2.05, 4.69) is 10.4 Å². The van der Waals surface area contributed by atoms with Crippen LogP contribution >= 0.6 is 0 Å². The standard InChI is InChI=1S/C21H17N3O2/c25-20(17-7-9-19-16(12-17)8-11-21(26)23-19)10-6-15-13-22-24(14-15)18-4-2-1-3-5-18/h1-7,9-10,12-14H,8,11H2,(H,23,26)/b10-6+. The smallest absolute Gasteiger partial charge is 0.224 e. The van der Waals surface area contributed by atoms with Crippen molar-refractivity contribution < 1.29 is 9.59 Å². The molecule has 1 amide bonds. The van der Waals surface area contributed by atoms with Crippen molar-refractivity contribution in [3.05, 3.63) is 83.7 Å². The van der Waals surface area contributed by atoms with Gasteiger partial charge < -0.3 is 5.32 Å². The molecule has 4 rings (SSSR count). The van der Waals surface area contributed by atoms with Crippen LogP contribution in [0.1, 0.15) is 27.9 Å². The number of para-hydroxylation sites is 1. The molecule has 5 nitrogen and oxygen atoms in total. The Morgan fingerprint density at radius 3 is 2.81 bits per heavy atom. The largest absolute Gasteiger partial charge is 0.326 e. The number of carbonyl (C=O) groups is 2. The molecule has 0 spiro atoms. The Morgan fingerprint density at radius 2 is 1.96 bits per heavy atom. The highest BCUT2D eigenvalue weighted by atomic mass is 16.1. The van der Waals surface area contributed by atoms with Gasteiger partial charge in [0, 0.05) is 29.4 Å². The summed E-state index contributed by atoms with van der Waals surface area (Å²) in [5, 5.41) is 7.14. The molecule has 0 aliphatic carbocycles. The topological polar surface area (TPSA) is 64.0 Å². The van der Waals surface area contributed by atoms with Gasteiger partial charge in [0.1, 0.15) is 0 Å². The lowest BCUT2D eigenvalue weighted by atomic mass is 9.98. The summed E-state index contributed by atoms with van der Waals surface area (Å²) >= 11 is 0. The molecule has 3 aromatic rings. The van der Waals surface area contributed by atoms with Gasteiger partial charge in [-0.15, -0.1) is 0 Å². The van der Waals surface area contributed by atoms with E-state index in [0.29, 0.717) is 18.4 Å². The minimum atomic E-state index is -0.0721.